The molecule has 0 bridgehead atoms. The summed E-state index contributed by atoms with van der Waals surface area (Å²) in [7, 11) is 1.98. The summed E-state index contributed by atoms with van der Waals surface area (Å²) >= 11 is 5.10. The number of hydrogen-bond acceptors (Lipinski definition) is 3. The Balaban J connectivity index is 2.09. The van der Waals surface area contributed by atoms with Gasteiger partial charge in [-0.3, -0.25) is 9.58 Å². The summed E-state index contributed by atoms with van der Waals surface area (Å²) in [5.74, 6) is 0. The highest BCUT2D eigenvalue weighted by molar-refractivity contribution is 7.80. The molecule has 1 saturated heterocycles. The van der Waals surface area contributed by atoms with Crippen molar-refractivity contribution >= 4 is 17.2 Å². The normalized spacial score (nSPS) is 21.5. The molecule has 0 saturated carbocycles. The number of rotatable bonds is 3. The van der Waals surface area contributed by atoms with Gasteiger partial charge in [0.2, 0.25) is 0 Å². The van der Waals surface area contributed by atoms with Crippen LogP contribution >= 0.6 is 12.2 Å². The van der Waals surface area contributed by atoms with Gasteiger partial charge in [0, 0.05) is 13.6 Å². The van der Waals surface area contributed by atoms with E-state index in [0.29, 0.717) is 4.99 Å². The van der Waals surface area contributed by atoms with Crippen molar-refractivity contribution < 1.29 is 0 Å². The molecule has 0 spiro atoms. The fourth-order valence-electron chi connectivity index (χ4n) is 2.36. The fourth-order valence-corrected chi connectivity index (χ4v) is 2.62. The highest BCUT2D eigenvalue weighted by Gasteiger charge is 2.27. The highest BCUT2D eigenvalue weighted by atomic mass is 32.1. The summed E-state index contributed by atoms with van der Waals surface area (Å²) in [6, 6.07) is 2.39. The second-order valence-electron chi connectivity index (χ2n) is 4.43. The Morgan fingerprint density at radius 2 is 2.44 bits per heavy atom. The van der Waals surface area contributed by atoms with Gasteiger partial charge in [-0.1, -0.05) is 12.2 Å². The molecule has 1 aromatic heterocycles. The first kappa shape index (κ1) is 11.5. The van der Waals surface area contributed by atoms with Crippen molar-refractivity contribution in [3.8, 4) is 0 Å². The van der Waals surface area contributed by atoms with Gasteiger partial charge in [0.1, 0.15) is 0 Å². The molecule has 1 atom stereocenters. The fraction of sp³-hybridized carbons (Fsp3) is 0.636. The van der Waals surface area contributed by atoms with Crippen LogP contribution in [0.5, 0.6) is 0 Å². The Morgan fingerprint density at radius 3 is 3.00 bits per heavy atom. The van der Waals surface area contributed by atoms with Crippen molar-refractivity contribution in [1.29, 1.82) is 0 Å². The zero-order valence-electron chi connectivity index (χ0n) is 9.81. The van der Waals surface area contributed by atoms with Gasteiger partial charge in [-0.15, -0.1) is 0 Å². The molecular formula is C11H18N4S. The van der Waals surface area contributed by atoms with Crippen LogP contribution < -0.4 is 5.73 Å². The van der Waals surface area contributed by atoms with Crippen molar-refractivity contribution in [2.24, 2.45) is 12.8 Å². The molecule has 88 valence electrons. The van der Waals surface area contributed by atoms with E-state index in [2.05, 4.69) is 16.1 Å². The standard InChI is InChI=1S/C11H18N4S/c1-8-6-9(14(2)13-8)7-15-5-3-4-10(15)11(12)16/h6,10H,3-5,7H2,1-2H3,(H2,12,16). The molecule has 5 heteroatoms. The van der Waals surface area contributed by atoms with E-state index in [-0.39, 0.29) is 6.04 Å². The van der Waals surface area contributed by atoms with Gasteiger partial charge in [-0.2, -0.15) is 5.10 Å². The number of aromatic nitrogens is 2. The lowest BCUT2D eigenvalue weighted by molar-refractivity contribution is 0.287. The van der Waals surface area contributed by atoms with Crippen LogP contribution in [0.25, 0.3) is 0 Å². The Hall–Kier alpha value is -0.940. The number of hydrogen-bond donors (Lipinski definition) is 1. The van der Waals surface area contributed by atoms with E-state index in [1.165, 1.54) is 12.1 Å². The average molecular weight is 238 g/mol. The number of aryl methyl sites for hydroxylation is 2. The monoisotopic (exact) mass is 238 g/mol. The second kappa shape index (κ2) is 4.51. The van der Waals surface area contributed by atoms with Crippen LogP contribution in [0.4, 0.5) is 0 Å². The van der Waals surface area contributed by atoms with E-state index >= 15 is 0 Å². The van der Waals surface area contributed by atoms with Gasteiger partial charge in [-0.25, -0.2) is 0 Å². The molecule has 0 aliphatic carbocycles. The molecule has 16 heavy (non-hydrogen) atoms. The molecule has 0 aromatic carbocycles. The van der Waals surface area contributed by atoms with E-state index in [0.717, 1.165) is 25.2 Å². The van der Waals surface area contributed by atoms with Crippen LogP contribution in [0, 0.1) is 6.92 Å². The molecule has 2 rings (SSSR count). The lowest BCUT2D eigenvalue weighted by Crippen LogP contribution is -2.39. The van der Waals surface area contributed by atoms with E-state index in [1.807, 2.05) is 18.7 Å². The van der Waals surface area contributed by atoms with Gasteiger partial charge < -0.3 is 5.73 Å². The van der Waals surface area contributed by atoms with Crippen molar-refractivity contribution in [2.45, 2.75) is 32.4 Å². The molecule has 1 fully saturated rings. The van der Waals surface area contributed by atoms with Gasteiger partial charge >= 0.3 is 0 Å². The van der Waals surface area contributed by atoms with Gasteiger partial charge in [-0.05, 0) is 32.4 Å². The number of likely N-dealkylation sites (tertiary alicyclic amines) is 1. The third-order valence-corrected chi connectivity index (χ3v) is 3.43. The van der Waals surface area contributed by atoms with E-state index in [9.17, 15) is 0 Å². The van der Waals surface area contributed by atoms with Gasteiger partial charge in [0.05, 0.1) is 22.4 Å². The zero-order valence-corrected chi connectivity index (χ0v) is 10.6. The van der Waals surface area contributed by atoms with Gasteiger partial charge in [0.15, 0.2) is 0 Å². The smallest absolute Gasteiger partial charge is 0.0902 e. The lowest BCUT2D eigenvalue weighted by Gasteiger charge is -2.23. The minimum absolute atomic E-state index is 0.269. The van der Waals surface area contributed by atoms with E-state index in [4.69, 9.17) is 18.0 Å². The van der Waals surface area contributed by atoms with Crippen molar-refractivity contribution in [3.63, 3.8) is 0 Å². The first-order valence-electron chi connectivity index (χ1n) is 5.61. The average Bonchev–Trinajstić information content (AvgIpc) is 2.75. The molecular weight excluding hydrogens is 220 g/mol. The van der Waals surface area contributed by atoms with Gasteiger partial charge in [0.25, 0.3) is 0 Å². The number of thiocarbonyl (C=S) groups is 1. The summed E-state index contributed by atoms with van der Waals surface area (Å²) in [5.41, 5.74) is 8.03. The third-order valence-electron chi connectivity index (χ3n) is 3.16. The van der Waals surface area contributed by atoms with Crippen molar-refractivity contribution in [1.82, 2.24) is 14.7 Å². The largest absolute Gasteiger partial charge is 0.392 e. The Labute approximate surface area is 101 Å². The second-order valence-corrected chi connectivity index (χ2v) is 4.90. The molecule has 0 radical (unpaired) electrons. The first-order chi connectivity index (χ1) is 7.58. The summed E-state index contributed by atoms with van der Waals surface area (Å²) in [6.45, 7) is 3.98. The molecule has 1 aliphatic heterocycles. The van der Waals surface area contributed by atoms with E-state index in [1.54, 1.807) is 0 Å². The minimum atomic E-state index is 0.269. The van der Waals surface area contributed by atoms with Crippen LogP contribution in [-0.4, -0.2) is 32.3 Å². The summed E-state index contributed by atoms with van der Waals surface area (Å²) < 4.78 is 1.93. The Kier molecular flexibility index (Phi) is 3.25. The van der Waals surface area contributed by atoms with Crippen LogP contribution in [0.3, 0.4) is 0 Å². The van der Waals surface area contributed by atoms with E-state index < -0.39 is 0 Å². The topological polar surface area (TPSA) is 47.1 Å². The molecule has 4 nitrogen and oxygen atoms in total. The zero-order chi connectivity index (χ0) is 11.7. The molecule has 1 aliphatic rings. The summed E-state index contributed by atoms with van der Waals surface area (Å²) in [6.07, 6.45) is 2.27. The minimum Gasteiger partial charge on any atom is -0.392 e. The maximum Gasteiger partial charge on any atom is 0.0902 e. The number of nitrogens with zero attached hydrogens (tertiary/aromatic N) is 3. The molecule has 1 aromatic rings. The van der Waals surface area contributed by atoms with Crippen molar-refractivity contribution in [2.75, 3.05) is 6.54 Å². The molecule has 2 N–H and O–H groups in total. The molecule has 0 amide bonds. The Morgan fingerprint density at radius 1 is 1.69 bits per heavy atom. The maximum absolute atomic E-state index is 5.75. The summed E-state index contributed by atoms with van der Waals surface area (Å²) in [5, 5.41) is 4.35. The van der Waals surface area contributed by atoms with Crippen molar-refractivity contribution in [3.05, 3.63) is 17.5 Å². The first-order valence-corrected chi connectivity index (χ1v) is 6.01. The predicted octanol–water partition coefficient (Wildman–Crippen LogP) is 0.979. The van der Waals surface area contributed by atoms with Crippen LogP contribution in [0.2, 0.25) is 0 Å². The maximum atomic E-state index is 5.75. The summed E-state index contributed by atoms with van der Waals surface area (Å²) in [4.78, 5) is 2.97. The third kappa shape index (κ3) is 2.25. The SMILES string of the molecule is Cc1cc(CN2CCCC2C(N)=S)n(C)n1. The molecule has 2 heterocycles. The highest BCUT2D eigenvalue weighted by Crippen LogP contribution is 2.20. The van der Waals surface area contributed by atoms with Crippen LogP contribution in [0.15, 0.2) is 6.07 Å². The van der Waals surface area contributed by atoms with Crippen LogP contribution in [0.1, 0.15) is 24.2 Å². The van der Waals surface area contributed by atoms with Crippen LogP contribution in [-0.2, 0) is 13.6 Å². The number of nitrogens with two attached hydrogens (primary N) is 1. The quantitative estimate of drug-likeness (QED) is 0.797. The molecule has 1 unspecified atom stereocenters. The Bertz CT molecular complexity index is 399. The lowest BCUT2D eigenvalue weighted by atomic mass is 10.2. The predicted molar refractivity (Wildman–Crippen MR) is 68.2 cm³/mol.